The molecule has 1 N–H and O–H groups in total. The van der Waals surface area contributed by atoms with Crippen LogP contribution in [0.5, 0.6) is 5.88 Å². The van der Waals surface area contributed by atoms with Crippen molar-refractivity contribution in [1.82, 2.24) is 10.2 Å². The first-order valence-electron chi connectivity index (χ1n) is 6.32. The topological polar surface area (TPSA) is 55.2 Å². The molecule has 3 rings (SSSR count). The van der Waals surface area contributed by atoms with Crippen molar-refractivity contribution in [2.45, 2.75) is 6.10 Å². The second-order valence-electron chi connectivity index (χ2n) is 4.51. The summed E-state index contributed by atoms with van der Waals surface area (Å²) in [5.74, 6) is 0.430. The van der Waals surface area contributed by atoms with Gasteiger partial charge < -0.3 is 9.84 Å². The molecule has 2 aromatic carbocycles. The lowest BCUT2D eigenvalue weighted by Gasteiger charge is -2.11. The van der Waals surface area contributed by atoms with Crippen molar-refractivity contribution < 1.29 is 9.84 Å². The van der Waals surface area contributed by atoms with Crippen molar-refractivity contribution in [3.05, 3.63) is 65.9 Å². The van der Waals surface area contributed by atoms with Crippen LogP contribution in [0.4, 0.5) is 0 Å². The Balaban J connectivity index is 1.96. The molecular weight excluding hydrogens is 252 g/mol. The number of ether oxygens (including phenoxy) is 1. The monoisotopic (exact) mass is 266 g/mol. The van der Waals surface area contributed by atoms with E-state index < -0.39 is 6.10 Å². The van der Waals surface area contributed by atoms with Crippen LogP contribution < -0.4 is 4.74 Å². The second-order valence-corrected chi connectivity index (χ2v) is 4.51. The minimum absolute atomic E-state index is 0.430. The van der Waals surface area contributed by atoms with Crippen molar-refractivity contribution in [1.29, 1.82) is 0 Å². The molecule has 0 spiro atoms. The van der Waals surface area contributed by atoms with Gasteiger partial charge in [-0.3, -0.25) is 0 Å². The summed E-state index contributed by atoms with van der Waals surface area (Å²) in [5, 5.41) is 20.5. The summed E-state index contributed by atoms with van der Waals surface area (Å²) in [6.07, 6.45) is -0.794. The molecule has 4 nitrogen and oxygen atoms in total. The zero-order valence-corrected chi connectivity index (χ0v) is 11.0. The van der Waals surface area contributed by atoms with E-state index in [1.807, 2.05) is 42.5 Å². The Bertz CT molecular complexity index is 726. The maximum absolute atomic E-state index is 10.4. The Hall–Kier alpha value is -2.46. The molecule has 0 radical (unpaired) electrons. The van der Waals surface area contributed by atoms with E-state index in [1.54, 1.807) is 12.1 Å². The molecule has 0 fully saturated rings. The lowest BCUT2D eigenvalue weighted by Crippen LogP contribution is -2.04. The summed E-state index contributed by atoms with van der Waals surface area (Å²) in [7, 11) is 1.53. The third kappa shape index (κ3) is 2.33. The number of benzene rings is 2. The van der Waals surface area contributed by atoms with Crippen LogP contribution in [-0.4, -0.2) is 22.4 Å². The maximum Gasteiger partial charge on any atom is 0.233 e. The Morgan fingerprint density at radius 3 is 2.45 bits per heavy atom. The van der Waals surface area contributed by atoms with Gasteiger partial charge in [0.25, 0.3) is 0 Å². The summed E-state index contributed by atoms with van der Waals surface area (Å²) in [5.41, 5.74) is 1.30. The van der Waals surface area contributed by atoms with Crippen molar-refractivity contribution in [3.63, 3.8) is 0 Å². The molecule has 100 valence electrons. The highest BCUT2D eigenvalue weighted by Gasteiger charge is 2.13. The average molecular weight is 266 g/mol. The van der Waals surface area contributed by atoms with Crippen LogP contribution in [-0.2, 0) is 0 Å². The van der Waals surface area contributed by atoms with Gasteiger partial charge in [-0.15, -0.1) is 10.2 Å². The van der Waals surface area contributed by atoms with Crippen molar-refractivity contribution in [3.8, 4) is 5.88 Å². The third-order valence-electron chi connectivity index (χ3n) is 3.24. The molecule has 0 amide bonds. The first kappa shape index (κ1) is 12.6. The Labute approximate surface area is 116 Å². The van der Waals surface area contributed by atoms with Crippen LogP contribution >= 0.6 is 0 Å². The van der Waals surface area contributed by atoms with Crippen LogP contribution in [0.3, 0.4) is 0 Å². The van der Waals surface area contributed by atoms with Gasteiger partial charge >= 0.3 is 0 Å². The molecule has 3 aromatic rings. The summed E-state index contributed by atoms with van der Waals surface area (Å²) < 4.78 is 4.96. The third-order valence-corrected chi connectivity index (χ3v) is 3.24. The maximum atomic E-state index is 10.4. The van der Waals surface area contributed by atoms with Gasteiger partial charge in [0.1, 0.15) is 6.10 Å². The van der Waals surface area contributed by atoms with Crippen LogP contribution in [0, 0.1) is 0 Å². The Morgan fingerprint density at radius 2 is 1.75 bits per heavy atom. The smallest absolute Gasteiger partial charge is 0.233 e. The van der Waals surface area contributed by atoms with E-state index in [9.17, 15) is 5.11 Å². The van der Waals surface area contributed by atoms with Crippen LogP contribution in [0.15, 0.2) is 54.6 Å². The van der Waals surface area contributed by atoms with E-state index in [1.165, 1.54) is 7.11 Å². The summed E-state index contributed by atoms with van der Waals surface area (Å²) in [6, 6.07) is 17.3. The molecule has 4 heteroatoms. The van der Waals surface area contributed by atoms with Crippen molar-refractivity contribution >= 4 is 10.8 Å². The summed E-state index contributed by atoms with van der Waals surface area (Å²) in [6.45, 7) is 0. The molecule has 0 saturated carbocycles. The number of rotatable bonds is 3. The predicted molar refractivity (Wildman–Crippen MR) is 76.6 cm³/mol. The minimum atomic E-state index is -0.794. The van der Waals surface area contributed by atoms with Gasteiger partial charge in [-0.2, -0.15) is 0 Å². The first-order chi connectivity index (χ1) is 9.78. The standard InChI is InChI=1S/C16H14N2O2/c1-20-15-9-8-14(17-18-15)16(19)13-7-6-11-4-2-3-5-12(11)10-13/h2-10,16,19H,1H3. The van der Waals surface area contributed by atoms with Gasteiger partial charge in [0.15, 0.2) is 0 Å². The van der Waals surface area contributed by atoms with Crippen LogP contribution in [0.2, 0.25) is 0 Å². The first-order valence-corrected chi connectivity index (χ1v) is 6.32. The van der Waals surface area contributed by atoms with E-state index in [2.05, 4.69) is 10.2 Å². The number of aliphatic hydroxyl groups is 1. The van der Waals surface area contributed by atoms with Gasteiger partial charge in [-0.25, -0.2) is 0 Å². The Morgan fingerprint density at radius 1 is 0.950 bits per heavy atom. The Kier molecular flexibility index (Phi) is 3.31. The molecular formula is C16H14N2O2. The molecule has 20 heavy (non-hydrogen) atoms. The van der Waals surface area contributed by atoms with Crippen LogP contribution in [0.1, 0.15) is 17.4 Å². The number of methoxy groups -OCH3 is 1. The number of hydrogen-bond donors (Lipinski definition) is 1. The minimum Gasteiger partial charge on any atom is -0.480 e. The van der Waals surface area contributed by atoms with Crippen molar-refractivity contribution in [2.24, 2.45) is 0 Å². The lowest BCUT2D eigenvalue weighted by atomic mass is 10.0. The van der Waals surface area contributed by atoms with Gasteiger partial charge in [0, 0.05) is 6.07 Å². The molecule has 1 aromatic heterocycles. The number of aliphatic hydroxyl groups excluding tert-OH is 1. The van der Waals surface area contributed by atoms with E-state index in [4.69, 9.17) is 4.74 Å². The van der Waals surface area contributed by atoms with Gasteiger partial charge in [-0.1, -0.05) is 36.4 Å². The summed E-state index contributed by atoms with van der Waals surface area (Å²) >= 11 is 0. The lowest BCUT2D eigenvalue weighted by molar-refractivity contribution is 0.213. The second kappa shape index (κ2) is 5.27. The highest BCUT2D eigenvalue weighted by atomic mass is 16.5. The highest BCUT2D eigenvalue weighted by Crippen LogP contribution is 2.24. The van der Waals surface area contributed by atoms with E-state index in [-0.39, 0.29) is 0 Å². The quantitative estimate of drug-likeness (QED) is 0.792. The number of fused-ring (bicyclic) bond motifs is 1. The normalized spacial score (nSPS) is 12.3. The van der Waals surface area contributed by atoms with Crippen molar-refractivity contribution in [2.75, 3.05) is 7.11 Å². The SMILES string of the molecule is COc1ccc(C(O)c2ccc3ccccc3c2)nn1. The number of hydrogen-bond acceptors (Lipinski definition) is 4. The van der Waals surface area contributed by atoms with Gasteiger partial charge in [-0.05, 0) is 28.5 Å². The molecule has 1 heterocycles. The number of nitrogens with zero attached hydrogens (tertiary/aromatic N) is 2. The molecule has 0 aliphatic heterocycles. The number of aromatic nitrogens is 2. The van der Waals surface area contributed by atoms with E-state index in [0.29, 0.717) is 11.6 Å². The fraction of sp³-hybridized carbons (Fsp3) is 0.125. The average Bonchev–Trinajstić information content (AvgIpc) is 2.54. The molecule has 0 aliphatic carbocycles. The van der Waals surface area contributed by atoms with Gasteiger partial charge in [0.05, 0.1) is 12.8 Å². The molecule has 0 bridgehead atoms. The fourth-order valence-electron chi connectivity index (χ4n) is 2.13. The van der Waals surface area contributed by atoms with Crippen LogP contribution in [0.25, 0.3) is 10.8 Å². The van der Waals surface area contributed by atoms with E-state index in [0.717, 1.165) is 16.3 Å². The zero-order chi connectivity index (χ0) is 13.9. The predicted octanol–water partition coefficient (Wildman–Crippen LogP) is 2.72. The highest BCUT2D eigenvalue weighted by molar-refractivity contribution is 5.83. The fourth-order valence-corrected chi connectivity index (χ4v) is 2.13. The molecule has 1 unspecified atom stereocenters. The zero-order valence-electron chi connectivity index (χ0n) is 11.0. The molecule has 1 atom stereocenters. The van der Waals surface area contributed by atoms with Gasteiger partial charge in [0.2, 0.25) is 5.88 Å². The molecule has 0 aliphatic rings. The largest absolute Gasteiger partial charge is 0.480 e. The van der Waals surface area contributed by atoms with E-state index >= 15 is 0 Å². The summed E-state index contributed by atoms with van der Waals surface area (Å²) in [4.78, 5) is 0. The molecule has 0 saturated heterocycles.